The molecule has 0 saturated carbocycles. The fraction of sp³-hybridized carbons (Fsp3) is 0.643. The zero-order valence-electron chi connectivity index (χ0n) is 11.8. The Labute approximate surface area is 110 Å². The summed E-state index contributed by atoms with van der Waals surface area (Å²) in [7, 11) is 2.19. The van der Waals surface area contributed by atoms with Crippen LogP contribution in [0, 0.1) is 0 Å². The molecule has 1 aliphatic rings. The first-order chi connectivity index (χ1) is 8.49. The van der Waals surface area contributed by atoms with Crippen molar-refractivity contribution in [3.63, 3.8) is 0 Å². The lowest BCUT2D eigenvalue weighted by atomic mass is 10.1. The largest absolute Gasteiger partial charge is 0.353 e. The maximum Gasteiger partial charge on any atom is 0.128 e. The number of nitrogens with two attached hydrogens (primary N) is 1. The fourth-order valence-corrected chi connectivity index (χ4v) is 2.48. The summed E-state index contributed by atoms with van der Waals surface area (Å²) in [6.45, 7) is 8.58. The molecule has 0 radical (unpaired) electrons. The lowest BCUT2D eigenvalue weighted by molar-refractivity contribution is 0.169. The van der Waals surface area contributed by atoms with Crippen LogP contribution in [0.4, 0.5) is 5.82 Å². The van der Waals surface area contributed by atoms with Gasteiger partial charge < -0.3 is 10.6 Å². The lowest BCUT2D eigenvalue weighted by Crippen LogP contribution is -2.55. The zero-order valence-corrected chi connectivity index (χ0v) is 11.8. The van der Waals surface area contributed by atoms with Crippen molar-refractivity contribution < 1.29 is 0 Å². The number of rotatable bonds is 2. The second-order valence-corrected chi connectivity index (χ2v) is 5.50. The molecule has 0 amide bonds. The van der Waals surface area contributed by atoms with E-state index in [-0.39, 0.29) is 6.04 Å². The molecule has 100 valence electrons. The van der Waals surface area contributed by atoms with E-state index in [2.05, 4.69) is 41.7 Å². The van der Waals surface area contributed by atoms with Crippen LogP contribution in [0.1, 0.15) is 32.4 Å². The molecule has 2 N–H and O–H groups in total. The second kappa shape index (κ2) is 5.24. The van der Waals surface area contributed by atoms with Gasteiger partial charge in [-0.25, -0.2) is 4.98 Å². The van der Waals surface area contributed by atoms with Gasteiger partial charge in [-0.1, -0.05) is 0 Å². The van der Waals surface area contributed by atoms with Crippen molar-refractivity contribution in [3.8, 4) is 0 Å². The summed E-state index contributed by atoms with van der Waals surface area (Å²) in [6, 6.07) is 5.28. The number of aromatic nitrogens is 1. The van der Waals surface area contributed by atoms with Crippen LogP contribution >= 0.6 is 0 Å². The van der Waals surface area contributed by atoms with Crippen molar-refractivity contribution in [2.45, 2.75) is 38.9 Å². The van der Waals surface area contributed by atoms with E-state index in [1.165, 1.54) is 0 Å². The number of hydrogen-bond acceptors (Lipinski definition) is 4. The van der Waals surface area contributed by atoms with E-state index in [0.29, 0.717) is 12.1 Å². The van der Waals surface area contributed by atoms with Crippen LogP contribution in [-0.4, -0.2) is 42.1 Å². The summed E-state index contributed by atoms with van der Waals surface area (Å²) >= 11 is 0. The van der Waals surface area contributed by atoms with Crippen LogP contribution in [0.25, 0.3) is 0 Å². The fourth-order valence-electron chi connectivity index (χ4n) is 2.48. The Morgan fingerprint density at radius 2 is 1.94 bits per heavy atom. The molecule has 0 aromatic carbocycles. The van der Waals surface area contributed by atoms with E-state index in [1.807, 2.05) is 19.2 Å². The number of nitrogens with zero attached hydrogens (tertiary/aromatic N) is 3. The average molecular weight is 248 g/mol. The standard InChI is InChI=1S/C14H24N4/c1-10-8-18(9-11(2)17(10)4)14-7-13(12(3)15)5-6-16-14/h5-7,10-12H,8-9,15H2,1-4H3. The Morgan fingerprint density at radius 1 is 1.33 bits per heavy atom. The van der Waals surface area contributed by atoms with Gasteiger partial charge >= 0.3 is 0 Å². The molecule has 4 nitrogen and oxygen atoms in total. The van der Waals surface area contributed by atoms with Crippen LogP contribution in [0.5, 0.6) is 0 Å². The van der Waals surface area contributed by atoms with Crippen molar-refractivity contribution in [1.29, 1.82) is 0 Å². The van der Waals surface area contributed by atoms with Crippen LogP contribution in [-0.2, 0) is 0 Å². The number of likely N-dealkylation sites (N-methyl/N-ethyl adjacent to an activating group) is 1. The molecule has 2 rings (SSSR count). The highest BCUT2D eigenvalue weighted by Gasteiger charge is 2.27. The molecule has 18 heavy (non-hydrogen) atoms. The predicted molar refractivity (Wildman–Crippen MR) is 75.7 cm³/mol. The van der Waals surface area contributed by atoms with Crippen LogP contribution in [0.3, 0.4) is 0 Å². The summed E-state index contributed by atoms with van der Waals surface area (Å²) in [5.74, 6) is 1.05. The molecule has 1 saturated heterocycles. The molecule has 0 spiro atoms. The minimum atomic E-state index is 0.0639. The molecular formula is C14H24N4. The van der Waals surface area contributed by atoms with Crippen LogP contribution in [0.2, 0.25) is 0 Å². The maximum absolute atomic E-state index is 5.93. The van der Waals surface area contributed by atoms with E-state index in [1.54, 1.807) is 0 Å². The summed E-state index contributed by atoms with van der Waals surface area (Å²) in [4.78, 5) is 9.28. The highest BCUT2D eigenvalue weighted by atomic mass is 15.3. The first-order valence-corrected chi connectivity index (χ1v) is 6.67. The van der Waals surface area contributed by atoms with Gasteiger partial charge in [0.05, 0.1) is 0 Å². The Balaban J connectivity index is 2.19. The Kier molecular flexibility index (Phi) is 3.88. The van der Waals surface area contributed by atoms with Crippen molar-refractivity contribution >= 4 is 5.82 Å². The summed E-state index contributed by atoms with van der Waals surface area (Å²) in [5.41, 5.74) is 7.09. The monoisotopic (exact) mass is 248 g/mol. The lowest BCUT2D eigenvalue weighted by Gasteiger charge is -2.43. The first kappa shape index (κ1) is 13.3. The van der Waals surface area contributed by atoms with E-state index >= 15 is 0 Å². The van der Waals surface area contributed by atoms with E-state index in [4.69, 9.17) is 5.73 Å². The smallest absolute Gasteiger partial charge is 0.128 e. The molecule has 1 fully saturated rings. The van der Waals surface area contributed by atoms with Gasteiger partial charge in [0, 0.05) is 37.4 Å². The third-order valence-corrected chi connectivity index (χ3v) is 3.98. The van der Waals surface area contributed by atoms with Gasteiger partial charge in [0.2, 0.25) is 0 Å². The van der Waals surface area contributed by atoms with E-state index in [9.17, 15) is 0 Å². The number of piperazine rings is 1. The average Bonchev–Trinajstić information content (AvgIpc) is 2.35. The summed E-state index contributed by atoms with van der Waals surface area (Å²) in [5, 5.41) is 0. The molecule has 1 aliphatic heterocycles. The topological polar surface area (TPSA) is 45.4 Å². The third-order valence-electron chi connectivity index (χ3n) is 3.98. The van der Waals surface area contributed by atoms with Crippen molar-refractivity contribution in [2.24, 2.45) is 5.73 Å². The molecule has 1 aromatic heterocycles. The Morgan fingerprint density at radius 3 is 2.50 bits per heavy atom. The molecule has 4 heteroatoms. The Bertz CT molecular complexity index is 393. The minimum absolute atomic E-state index is 0.0639. The highest BCUT2D eigenvalue weighted by Crippen LogP contribution is 2.21. The number of hydrogen-bond donors (Lipinski definition) is 1. The van der Waals surface area contributed by atoms with E-state index < -0.39 is 0 Å². The normalized spacial score (nSPS) is 27.3. The third kappa shape index (κ3) is 2.65. The van der Waals surface area contributed by atoms with Gasteiger partial charge in [0.15, 0.2) is 0 Å². The van der Waals surface area contributed by atoms with E-state index in [0.717, 1.165) is 24.5 Å². The van der Waals surface area contributed by atoms with Gasteiger partial charge in [0.25, 0.3) is 0 Å². The van der Waals surface area contributed by atoms with Gasteiger partial charge in [-0.15, -0.1) is 0 Å². The van der Waals surface area contributed by atoms with Crippen molar-refractivity contribution in [2.75, 3.05) is 25.0 Å². The van der Waals surface area contributed by atoms with Crippen LogP contribution in [0.15, 0.2) is 18.3 Å². The van der Waals surface area contributed by atoms with Gasteiger partial charge in [-0.2, -0.15) is 0 Å². The first-order valence-electron chi connectivity index (χ1n) is 6.67. The SMILES string of the molecule is CC(N)c1ccnc(N2CC(C)N(C)C(C)C2)c1. The molecule has 0 bridgehead atoms. The molecule has 3 unspecified atom stereocenters. The number of pyridine rings is 1. The van der Waals surface area contributed by atoms with Crippen LogP contribution < -0.4 is 10.6 Å². The zero-order chi connectivity index (χ0) is 13.3. The number of anilines is 1. The molecule has 1 aromatic rings. The molecule has 2 heterocycles. The van der Waals surface area contributed by atoms with Gasteiger partial charge in [-0.05, 0) is 45.5 Å². The van der Waals surface area contributed by atoms with Gasteiger partial charge in [-0.3, -0.25) is 4.90 Å². The predicted octanol–water partition coefficient (Wildman–Crippen LogP) is 1.63. The maximum atomic E-state index is 5.93. The summed E-state index contributed by atoms with van der Waals surface area (Å²) < 4.78 is 0. The second-order valence-electron chi connectivity index (χ2n) is 5.50. The molecule has 3 atom stereocenters. The van der Waals surface area contributed by atoms with Crippen molar-refractivity contribution in [3.05, 3.63) is 23.9 Å². The quantitative estimate of drug-likeness (QED) is 0.864. The molecular weight excluding hydrogens is 224 g/mol. The van der Waals surface area contributed by atoms with Gasteiger partial charge in [0.1, 0.15) is 5.82 Å². The summed E-state index contributed by atoms with van der Waals surface area (Å²) in [6.07, 6.45) is 1.86. The minimum Gasteiger partial charge on any atom is -0.353 e. The van der Waals surface area contributed by atoms with Crippen molar-refractivity contribution in [1.82, 2.24) is 9.88 Å². The highest BCUT2D eigenvalue weighted by molar-refractivity contribution is 5.42. The molecule has 0 aliphatic carbocycles. The Hall–Kier alpha value is -1.13.